The van der Waals surface area contributed by atoms with Crippen LogP contribution in [-0.4, -0.2) is 58.0 Å². The molecule has 1 saturated heterocycles. The topological polar surface area (TPSA) is 84.2 Å². The van der Waals surface area contributed by atoms with Crippen LogP contribution < -0.4 is 16.3 Å². The first-order chi connectivity index (χ1) is 13.2. The summed E-state index contributed by atoms with van der Waals surface area (Å²) in [4.78, 5) is 26.6. The lowest BCUT2D eigenvalue weighted by molar-refractivity contribution is 0.238. The average Bonchev–Trinajstić information content (AvgIpc) is 2.85. The van der Waals surface area contributed by atoms with E-state index < -0.39 is 0 Å². The molecular weight excluding hydrogens is 344 g/mol. The number of nitrogens with one attached hydrogen (secondary N) is 2. The first kappa shape index (κ1) is 19.9. The third-order valence-corrected chi connectivity index (χ3v) is 5.50. The van der Waals surface area contributed by atoms with Gasteiger partial charge in [-0.15, -0.1) is 0 Å². The molecule has 8 heteroatoms. The zero-order valence-corrected chi connectivity index (χ0v) is 16.4. The Kier molecular flexibility index (Phi) is 7.74. The predicted octanol–water partition coefficient (Wildman–Crippen LogP) is 1.34. The lowest BCUT2D eigenvalue weighted by atomic mass is 10.2. The Balaban J connectivity index is 1.25. The van der Waals surface area contributed by atoms with E-state index >= 15 is 0 Å². The van der Waals surface area contributed by atoms with Gasteiger partial charge in [-0.2, -0.15) is 5.10 Å². The Morgan fingerprint density at radius 2 is 1.56 bits per heavy atom. The van der Waals surface area contributed by atoms with Crippen LogP contribution in [0.3, 0.4) is 0 Å². The van der Waals surface area contributed by atoms with Crippen LogP contribution >= 0.6 is 0 Å². The van der Waals surface area contributed by atoms with Crippen molar-refractivity contribution in [2.45, 2.75) is 70.9 Å². The molecule has 2 aliphatic rings. The Morgan fingerprint density at radius 1 is 0.889 bits per heavy atom. The van der Waals surface area contributed by atoms with E-state index in [1.165, 1.54) is 38.8 Å². The second-order valence-corrected chi connectivity index (χ2v) is 7.68. The molecule has 2 aliphatic heterocycles. The quantitative estimate of drug-likeness (QED) is 0.669. The van der Waals surface area contributed by atoms with Gasteiger partial charge in [0.25, 0.3) is 0 Å². The van der Waals surface area contributed by atoms with Crippen molar-refractivity contribution in [3.8, 4) is 0 Å². The maximum Gasteiger partial charge on any atom is 0.345 e. The van der Waals surface area contributed by atoms with E-state index in [0.717, 1.165) is 44.6 Å². The fourth-order valence-corrected chi connectivity index (χ4v) is 3.95. The van der Waals surface area contributed by atoms with Crippen LogP contribution in [0, 0.1) is 0 Å². The van der Waals surface area contributed by atoms with Crippen molar-refractivity contribution in [1.82, 2.24) is 29.9 Å². The minimum Gasteiger partial charge on any atom is -0.338 e. The van der Waals surface area contributed by atoms with E-state index in [2.05, 4.69) is 20.6 Å². The second-order valence-electron chi connectivity index (χ2n) is 7.68. The van der Waals surface area contributed by atoms with Crippen LogP contribution in [0.25, 0.3) is 0 Å². The number of urea groups is 1. The van der Waals surface area contributed by atoms with Crippen LogP contribution in [0.15, 0.2) is 4.79 Å². The molecule has 8 nitrogen and oxygen atoms in total. The molecule has 0 spiro atoms. The van der Waals surface area contributed by atoms with E-state index in [1.54, 1.807) is 9.25 Å². The third-order valence-electron chi connectivity index (χ3n) is 5.50. The summed E-state index contributed by atoms with van der Waals surface area (Å²) in [7, 11) is 0. The fourth-order valence-electron chi connectivity index (χ4n) is 3.95. The average molecular weight is 379 g/mol. The standard InChI is InChI=1S/C19H34N6O2/c26-18(20-10-7-14-23-12-4-1-2-5-13-23)21-11-8-16-25-19(27)24-15-6-3-9-17(24)22-25/h1-16H2,(H2,20,21,26). The van der Waals surface area contributed by atoms with Gasteiger partial charge < -0.3 is 15.5 Å². The molecule has 27 heavy (non-hydrogen) atoms. The summed E-state index contributed by atoms with van der Waals surface area (Å²) in [5, 5.41) is 10.2. The molecule has 2 N–H and O–H groups in total. The molecule has 0 atom stereocenters. The number of carbonyl (C=O) groups is 1. The normalized spacial score (nSPS) is 17.9. The highest BCUT2D eigenvalue weighted by Crippen LogP contribution is 2.10. The molecule has 3 heterocycles. The lowest BCUT2D eigenvalue weighted by Gasteiger charge is -2.19. The Bertz CT molecular complexity index is 645. The molecule has 0 saturated carbocycles. The molecule has 0 radical (unpaired) electrons. The minimum atomic E-state index is -0.123. The zero-order valence-electron chi connectivity index (χ0n) is 16.4. The summed E-state index contributed by atoms with van der Waals surface area (Å²) in [6.45, 7) is 6.04. The van der Waals surface area contributed by atoms with E-state index in [1.807, 2.05) is 0 Å². The molecular formula is C19H34N6O2. The molecule has 0 aromatic carbocycles. The third kappa shape index (κ3) is 6.09. The van der Waals surface area contributed by atoms with E-state index in [-0.39, 0.29) is 11.7 Å². The summed E-state index contributed by atoms with van der Waals surface area (Å²) in [6.07, 6.45) is 10.1. The van der Waals surface area contributed by atoms with Crippen LogP contribution in [0.2, 0.25) is 0 Å². The van der Waals surface area contributed by atoms with Crippen LogP contribution in [-0.2, 0) is 19.5 Å². The van der Waals surface area contributed by atoms with Gasteiger partial charge >= 0.3 is 11.7 Å². The minimum absolute atomic E-state index is 0.0114. The second kappa shape index (κ2) is 10.5. The maximum absolute atomic E-state index is 12.2. The highest BCUT2D eigenvalue weighted by molar-refractivity contribution is 5.73. The number of aromatic nitrogens is 3. The molecule has 1 aromatic rings. The van der Waals surface area contributed by atoms with Gasteiger partial charge in [-0.1, -0.05) is 12.8 Å². The van der Waals surface area contributed by atoms with Crippen LogP contribution in [0.1, 0.15) is 57.2 Å². The fraction of sp³-hybridized carbons (Fsp3) is 0.842. The highest BCUT2D eigenvalue weighted by atomic mass is 16.2. The van der Waals surface area contributed by atoms with Crippen molar-refractivity contribution in [1.29, 1.82) is 0 Å². The molecule has 3 rings (SSSR count). The number of likely N-dealkylation sites (tertiary alicyclic amines) is 1. The van der Waals surface area contributed by atoms with Gasteiger partial charge in [0.2, 0.25) is 0 Å². The number of aryl methyl sites for hydroxylation is 2. The summed E-state index contributed by atoms with van der Waals surface area (Å²) in [6, 6.07) is -0.123. The number of nitrogens with zero attached hydrogens (tertiary/aromatic N) is 4. The number of hydrogen-bond donors (Lipinski definition) is 2. The van der Waals surface area contributed by atoms with E-state index in [0.29, 0.717) is 26.1 Å². The van der Waals surface area contributed by atoms with Crippen molar-refractivity contribution in [2.24, 2.45) is 0 Å². The van der Waals surface area contributed by atoms with Crippen molar-refractivity contribution in [2.75, 3.05) is 32.7 Å². The van der Waals surface area contributed by atoms with Gasteiger partial charge in [0.05, 0.1) is 0 Å². The first-order valence-corrected chi connectivity index (χ1v) is 10.6. The van der Waals surface area contributed by atoms with Gasteiger partial charge in [0.1, 0.15) is 5.82 Å². The van der Waals surface area contributed by atoms with Gasteiger partial charge in [-0.25, -0.2) is 14.3 Å². The molecule has 1 fully saturated rings. The molecule has 0 aliphatic carbocycles. The Hall–Kier alpha value is -1.83. The molecule has 0 unspecified atom stereocenters. The SMILES string of the molecule is O=C(NCCCN1CCCCCC1)NCCCn1nc2n(c1=O)CCCC2. The Labute approximate surface area is 161 Å². The largest absolute Gasteiger partial charge is 0.345 e. The number of rotatable bonds is 8. The van der Waals surface area contributed by atoms with Gasteiger partial charge in [-0.3, -0.25) is 4.57 Å². The predicted molar refractivity (Wildman–Crippen MR) is 105 cm³/mol. The van der Waals surface area contributed by atoms with Crippen molar-refractivity contribution < 1.29 is 4.79 Å². The summed E-state index contributed by atoms with van der Waals surface area (Å²) in [5.74, 6) is 0.904. The summed E-state index contributed by atoms with van der Waals surface area (Å²) < 4.78 is 3.33. The molecule has 2 amide bonds. The highest BCUT2D eigenvalue weighted by Gasteiger charge is 2.16. The molecule has 0 bridgehead atoms. The number of carbonyl (C=O) groups excluding carboxylic acids is 1. The van der Waals surface area contributed by atoms with Crippen molar-refractivity contribution in [3.63, 3.8) is 0 Å². The number of fused-ring (bicyclic) bond motifs is 1. The van der Waals surface area contributed by atoms with Crippen molar-refractivity contribution >= 4 is 6.03 Å². The molecule has 1 aromatic heterocycles. The smallest absolute Gasteiger partial charge is 0.338 e. The van der Waals surface area contributed by atoms with Gasteiger partial charge in [-0.05, 0) is 58.2 Å². The first-order valence-electron chi connectivity index (χ1n) is 10.6. The Morgan fingerprint density at radius 3 is 2.26 bits per heavy atom. The van der Waals surface area contributed by atoms with Crippen molar-refractivity contribution in [3.05, 3.63) is 16.3 Å². The van der Waals surface area contributed by atoms with Gasteiger partial charge in [0, 0.05) is 32.6 Å². The van der Waals surface area contributed by atoms with E-state index in [9.17, 15) is 9.59 Å². The monoisotopic (exact) mass is 378 g/mol. The van der Waals surface area contributed by atoms with Crippen LogP contribution in [0.4, 0.5) is 4.79 Å². The van der Waals surface area contributed by atoms with E-state index in [4.69, 9.17) is 0 Å². The van der Waals surface area contributed by atoms with Crippen LogP contribution in [0.5, 0.6) is 0 Å². The molecule has 152 valence electrons. The zero-order chi connectivity index (χ0) is 18.9. The summed E-state index contributed by atoms with van der Waals surface area (Å²) in [5.41, 5.74) is -0.0114. The summed E-state index contributed by atoms with van der Waals surface area (Å²) >= 11 is 0. The van der Waals surface area contributed by atoms with Gasteiger partial charge in [0.15, 0.2) is 0 Å². The lowest BCUT2D eigenvalue weighted by Crippen LogP contribution is -2.38. The number of amides is 2. The maximum atomic E-state index is 12.2. The number of hydrogen-bond acceptors (Lipinski definition) is 4.